The molecule has 348 valence electrons. The molecule has 0 saturated heterocycles. The summed E-state index contributed by atoms with van der Waals surface area (Å²) >= 11 is 0. The maximum absolute atomic E-state index is 12.3. The summed E-state index contributed by atoms with van der Waals surface area (Å²) in [6.45, 7) is 4.13. The molecule has 0 aromatic carbocycles. The molecule has 0 spiro atoms. The fourth-order valence-electron chi connectivity index (χ4n) is 7.36. The van der Waals surface area contributed by atoms with Crippen molar-refractivity contribution in [2.45, 2.75) is 264 Å². The predicted octanol–water partition coefficient (Wildman–Crippen LogP) is 17.1. The van der Waals surface area contributed by atoms with Crippen molar-refractivity contribution in [3.8, 4) is 0 Å². The fraction of sp³-hybridized carbons (Fsp3) is 0.782. The van der Waals surface area contributed by atoms with Crippen LogP contribution in [-0.2, 0) is 19.1 Å². The van der Waals surface area contributed by atoms with Crippen molar-refractivity contribution in [2.24, 2.45) is 0 Å². The zero-order valence-corrected chi connectivity index (χ0v) is 39.7. The summed E-state index contributed by atoms with van der Waals surface area (Å²) in [5.74, 6) is -0.601. The first-order valence-corrected chi connectivity index (χ1v) is 25.8. The third-order valence-electron chi connectivity index (χ3n) is 11.3. The molecule has 1 unspecified atom stereocenters. The Bertz CT molecular complexity index is 1040. The maximum atomic E-state index is 12.3. The van der Waals surface area contributed by atoms with Gasteiger partial charge in [0.15, 0.2) is 6.10 Å². The highest BCUT2D eigenvalue weighted by Crippen LogP contribution is 2.15. The van der Waals surface area contributed by atoms with E-state index in [1.807, 2.05) is 0 Å². The van der Waals surface area contributed by atoms with Crippen LogP contribution in [0, 0.1) is 0 Å². The zero-order valence-electron chi connectivity index (χ0n) is 39.7. The van der Waals surface area contributed by atoms with E-state index in [0.29, 0.717) is 12.8 Å². The fourth-order valence-corrected chi connectivity index (χ4v) is 7.36. The molecule has 0 amide bonds. The Labute approximate surface area is 372 Å². The third-order valence-corrected chi connectivity index (χ3v) is 11.3. The van der Waals surface area contributed by atoms with Crippen LogP contribution in [0.5, 0.6) is 0 Å². The van der Waals surface area contributed by atoms with Crippen LogP contribution in [0.2, 0.25) is 0 Å². The average molecular weight is 839 g/mol. The molecule has 0 rings (SSSR count). The zero-order chi connectivity index (χ0) is 43.5. The van der Waals surface area contributed by atoms with Gasteiger partial charge in [0.25, 0.3) is 0 Å². The quantitative estimate of drug-likeness (QED) is 0.0375. The normalized spacial score (nSPS) is 12.7. The van der Waals surface area contributed by atoms with Gasteiger partial charge in [0, 0.05) is 12.8 Å². The molecule has 0 aromatic rings. The van der Waals surface area contributed by atoms with Gasteiger partial charge in [-0.2, -0.15) is 0 Å². The Balaban J connectivity index is 3.52. The number of aliphatic hydroxyl groups excluding tert-OH is 1. The Kier molecular flexibility index (Phi) is 48.9. The van der Waals surface area contributed by atoms with Crippen molar-refractivity contribution < 1.29 is 24.2 Å². The molecule has 5 heteroatoms. The molecular weight excluding hydrogens is 741 g/mol. The van der Waals surface area contributed by atoms with E-state index in [9.17, 15) is 14.7 Å². The minimum absolute atomic E-state index is 0.0722. The SMILES string of the molecule is CCCCCCC/C=C\C/C=C\C/C=C\CCCCCCCCC(=O)OC(CO)COC(=O)CCCCCCCCCCCCCCC/C=C\C/C=C\CCCCCCC. The minimum Gasteiger partial charge on any atom is -0.462 e. The number of carbonyl (C=O) groups excluding carboxylic acids is 2. The van der Waals surface area contributed by atoms with E-state index in [0.717, 1.165) is 64.2 Å². The molecule has 0 aliphatic heterocycles. The van der Waals surface area contributed by atoms with Crippen LogP contribution in [0.15, 0.2) is 60.8 Å². The van der Waals surface area contributed by atoms with Gasteiger partial charge in [0.05, 0.1) is 6.61 Å². The summed E-state index contributed by atoms with van der Waals surface area (Å²) < 4.78 is 10.7. The second kappa shape index (κ2) is 51.0. The Hall–Kier alpha value is -2.40. The van der Waals surface area contributed by atoms with E-state index in [-0.39, 0.29) is 25.2 Å². The van der Waals surface area contributed by atoms with Crippen LogP contribution in [0.4, 0.5) is 0 Å². The molecule has 0 saturated carbocycles. The summed E-state index contributed by atoms with van der Waals surface area (Å²) in [6, 6.07) is 0. The van der Waals surface area contributed by atoms with E-state index >= 15 is 0 Å². The van der Waals surface area contributed by atoms with Crippen molar-refractivity contribution in [3.63, 3.8) is 0 Å². The van der Waals surface area contributed by atoms with Crippen molar-refractivity contribution in [3.05, 3.63) is 60.8 Å². The van der Waals surface area contributed by atoms with E-state index in [4.69, 9.17) is 9.47 Å². The van der Waals surface area contributed by atoms with E-state index in [1.165, 1.54) is 167 Å². The van der Waals surface area contributed by atoms with Gasteiger partial charge < -0.3 is 14.6 Å². The van der Waals surface area contributed by atoms with Crippen LogP contribution in [0.1, 0.15) is 258 Å². The molecule has 0 aliphatic rings. The molecule has 0 aliphatic carbocycles. The summed E-state index contributed by atoms with van der Waals surface area (Å²) in [5.41, 5.74) is 0. The average Bonchev–Trinajstić information content (AvgIpc) is 3.25. The first kappa shape index (κ1) is 57.6. The number of hydrogen-bond acceptors (Lipinski definition) is 5. The maximum Gasteiger partial charge on any atom is 0.306 e. The minimum atomic E-state index is -0.781. The van der Waals surface area contributed by atoms with Gasteiger partial charge in [-0.1, -0.05) is 222 Å². The molecule has 0 heterocycles. The van der Waals surface area contributed by atoms with E-state index in [2.05, 4.69) is 74.6 Å². The van der Waals surface area contributed by atoms with E-state index in [1.54, 1.807) is 0 Å². The predicted molar refractivity (Wildman–Crippen MR) is 260 cm³/mol. The van der Waals surface area contributed by atoms with Gasteiger partial charge in [0.1, 0.15) is 6.61 Å². The van der Waals surface area contributed by atoms with Crippen molar-refractivity contribution >= 4 is 11.9 Å². The summed E-state index contributed by atoms with van der Waals surface area (Å²) in [5, 5.41) is 9.63. The van der Waals surface area contributed by atoms with Gasteiger partial charge in [-0.25, -0.2) is 0 Å². The smallest absolute Gasteiger partial charge is 0.306 e. The highest BCUT2D eigenvalue weighted by Gasteiger charge is 2.16. The van der Waals surface area contributed by atoms with Crippen LogP contribution in [0.25, 0.3) is 0 Å². The Morgan fingerprint density at radius 3 is 1.00 bits per heavy atom. The Morgan fingerprint density at radius 2 is 0.667 bits per heavy atom. The lowest BCUT2D eigenvalue weighted by atomic mass is 10.0. The first-order chi connectivity index (χ1) is 29.6. The van der Waals surface area contributed by atoms with Crippen molar-refractivity contribution in [1.29, 1.82) is 0 Å². The molecule has 60 heavy (non-hydrogen) atoms. The van der Waals surface area contributed by atoms with Gasteiger partial charge in [-0.15, -0.1) is 0 Å². The van der Waals surface area contributed by atoms with Gasteiger partial charge in [-0.3, -0.25) is 9.59 Å². The van der Waals surface area contributed by atoms with Crippen molar-refractivity contribution in [2.75, 3.05) is 13.2 Å². The van der Waals surface area contributed by atoms with Gasteiger partial charge >= 0.3 is 11.9 Å². The molecule has 5 nitrogen and oxygen atoms in total. The van der Waals surface area contributed by atoms with Gasteiger partial charge in [0.2, 0.25) is 0 Å². The number of esters is 2. The second-order valence-electron chi connectivity index (χ2n) is 17.2. The number of allylic oxidation sites excluding steroid dienone is 10. The number of ether oxygens (including phenoxy) is 2. The van der Waals surface area contributed by atoms with Crippen LogP contribution in [0.3, 0.4) is 0 Å². The monoisotopic (exact) mass is 839 g/mol. The van der Waals surface area contributed by atoms with Gasteiger partial charge in [-0.05, 0) is 83.5 Å². The summed E-state index contributed by atoms with van der Waals surface area (Å²) in [6.07, 6.45) is 67.4. The first-order valence-electron chi connectivity index (χ1n) is 25.8. The third kappa shape index (κ3) is 48.3. The largest absolute Gasteiger partial charge is 0.462 e. The number of hydrogen-bond donors (Lipinski definition) is 1. The number of rotatable bonds is 47. The van der Waals surface area contributed by atoms with Crippen LogP contribution in [-0.4, -0.2) is 36.4 Å². The second-order valence-corrected chi connectivity index (χ2v) is 17.2. The van der Waals surface area contributed by atoms with Crippen molar-refractivity contribution in [1.82, 2.24) is 0 Å². The summed E-state index contributed by atoms with van der Waals surface area (Å²) in [4.78, 5) is 24.5. The molecule has 1 N–H and O–H groups in total. The molecule has 0 bridgehead atoms. The molecule has 1 atom stereocenters. The standard InChI is InChI=1S/C55H98O5/c1-3-5-7-9-11-13-15-17-19-21-23-25-26-27-28-30-31-33-35-37-39-41-43-45-47-49-54(57)59-52-53(51-56)60-55(58)50-48-46-44-42-40-38-36-34-32-29-24-22-20-18-16-14-12-10-8-6-4-2/h15-18,21-24,32,34,53,56H,3-14,19-20,25-31,33,35-52H2,1-2H3/b17-15-,18-16-,23-21-,24-22-,34-32-. The lowest BCUT2D eigenvalue weighted by molar-refractivity contribution is -0.161. The number of unbranched alkanes of at least 4 members (excludes halogenated alkanes) is 29. The van der Waals surface area contributed by atoms with E-state index < -0.39 is 6.10 Å². The Morgan fingerprint density at radius 1 is 0.383 bits per heavy atom. The number of aliphatic hydroxyl groups is 1. The highest BCUT2D eigenvalue weighted by atomic mass is 16.6. The summed E-state index contributed by atoms with van der Waals surface area (Å²) in [7, 11) is 0. The molecule has 0 radical (unpaired) electrons. The number of carbonyl (C=O) groups is 2. The van der Waals surface area contributed by atoms with Crippen LogP contribution >= 0.6 is 0 Å². The highest BCUT2D eigenvalue weighted by molar-refractivity contribution is 5.70. The lowest BCUT2D eigenvalue weighted by Crippen LogP contribution is -2.28. The lowest BCUT2D eigenvalue weighted by Gasteiger charge is -2.15. The molecule has 0 aromatic heterocycles. The topological polar surface area (TPSA) is 72.8 Å². The molecule has 0 fully saturated rings. The molecular formula is C55H98O5. The van der Waals surface area contributed by atoms with Crippen LogP contribution < -0.4 is 0 Å².